The Morgan fingerprint density at radius 3 is 2.71 bits per heavy atom. The van der Waals surface area contributed by atoms with Gasteiger partial charge in [0.15, 0.2) is 0 Å². The van der Waals surface area contributed by atoms with Gasteiger partial charge in [-0.2, -0.15) is 0 Å². The quantitative estimate of drug-likeness (QED) is 0.369. The molecule has 1 rings (SSSR count). The number of amides is 1. The second-order valence-electron chi connectivity index (χ2n) is 7.10. The number of esters is 2. The van der Waals surface area contributed by atoms with E-state index in [1.165, 1.54) is 13.0 Å². The largest absolute Gasteiger partial charge is 0.459 e. The van der Waals surface area contributed by atoms with Gasteiger partial charge in [0.25, 0.3) is 0 Å². The van der Waals surface area contributed by atoms with Gasteiger partial charge in [-0.15, -0.1) is 0 Å². The number of ether oxygens (including phenoxy) is 2. The van der Waals surface area contributed by atoms with Gasteiger partial charge in [0.05, 0.1) is 0 Å². The van der Waals surface area contributed by atoms with Crippen LogP contribution < -0.4 is 5.32 Å². The number of cyclic esters (lactones) is 1. The van der Waals surface area contributed by atoms with Crippen LogP contribution >= 0.6 is 0 Å². The van der Waals surface area contributed by atoms with Crippen molar-refractivity contribution in [2.24, 2.45) is 0 Å². The molecule has 0 spiro atoms. The van der Waals surface area contributed by atoms with E-state index in [0.717, 1.165) is 18.4 Å². The van der Waals surface area contributed by atoms with Crippen molar-refractivity contribution in [1.29, 1.82) is 0 Å². The molecule has 0 aromatic rings. The number of hydrogen-bond acceptors (Lipinski definition) is 7. The molecule has 3 N–H and O–H groups in total. The van der Waals surface area contributed by atoms with Gasteiger partial charge in [0.2, 0.25) is 5.91 Å². The molecule has 0 saturated carbocycles. The van der Waals surface area contributed by atoms with Gasteiger partial charge in [-0.3, -0.25) is 9.59 Å². The van der Waals surface area contributed by atoms with E-state index in [9.17, 15) is 24.6 Å². The smallest absolute Gasteiger partial charge is 0.331 e. The molecule has 1 aliphatic rings. The number of aliphatic hydroxyl groups excluding tert-OH is 2. The molecule has 158 valence electrons. The van der Waals surface area contributed by atoms with Crippen molar-refractivity contribution in [3.8, 4) is 0 Å². The summed E-state index contributed by atoms with van der Waals surface area (Å²) in [6.07, 6.45) is 1.90. The first-order valence-corrected chi connectivity index (χ1v) is 9.54. The standard InChI is InChI=1S/C20H31NO7/c1-13(2)11-18(24)27-14(3)19(25)16-12-15(22)20(26)21-10-8-6-4-5-7-9-17(23)28-16/h6,8,11,14-16,19,22,25H,4-5,7,9-10,12H2,1-3H3,(H,21,26)/b8-6-/t14-,15+,16?,19?/m1/s1. The number of rotatable bonds is 4. The summed E-state index contributed by atoms with van der Waals surface area (Å²) in [5, 5.41) is 23.2. The van der Waals surface area contributed by atoms with Gasteiger partial charge in [0, 0.05) is 25.5 Å². The fourth-order valence-electron chi connectivity index (χ4n) is 2.65. The first-order valence-electron chi connectivity index (χ1n) is 9.54. The number of carbonyl (C=O) groups excluding carboxylic acids is 3. The van der Waals surface area contributed by atoms with Crippen LogP contribution in [0.3, 0.4) is 0 Å². The summed E-state index contributed by atoms with van der Waals surface area (Å²) in [7, 11) is 0. The Kier molecular flexibility index (Phi) is 10.5. The molecule has 8 nitrogen and oxygen atoms in total. The Labute approximate surface area is 165 Å². The van der Waals surface area contributed by atoms with Crippen LogP contribution in [0.15, 0.2) is 23.8 Å². The number of carbonyl (C=O) groups is 3. The number of allylic oxidation sites excluding steroid dienone is 2. The Hall–Kier alpha value is -2.19. The van der Waals surface area contributed by atoms with Crippen LogP contribution in [0.5, 0.6) is 0 Å². The maximum Gasteiger partial charge on any atom is 0.331 e. The zero-order valence-corrected chi connectivity index (χ0v) is 16.7. The zero-order valence-electron chi connectivity index (χ0n) is 16.7. The summed E-state index contributed by atoms with van der Waals surface area (Å²) in [5.74, 6) is -1.81. The lowest BCUT2D eigenvalue weighted by molar-refractivity contribution is -0.170. The minimum absolute atomic E-state index is 0.158. The zero-order chi connectivity index (χ0) is 21.1. The predicted molar refractivity (Wildman–Crippen MR) is 102 cm³/mol. The van der Waals surface area contributed by atoms with Crippen molar-refractivity contribution in [2.75, 3.05) is 6.54 Å². The van der Waals surface area contributed by atoms with Gasteiger partial charge in [0.1, 0.15) is 24.4 Å². The van der Waals surface area contributed by atoms with E-state index in [-0.39, 0.29) is 19.4 Å². The summed E-state index contributed by atoms with van der Waals surface area (Å²) in [6.45, 7) is 5.19. The van der Waals surface area contributed by atoms with Crippen LogP contribution in [0.2, 0.25) is 0 Å². The molecule has 1 aliphatic heterocycles. The Morgan fingerprint density at radius 1 is 1.32 bits per heavy atom. The van der Waals surface area contributed by atoms with Crippen molar-refractivity contribution in [3.63, 3.8) is 0 Å². The lowest BCUT2D eigenvalue weighted by Crippen LogP contribution is -2.45. The number of aliphatic hydroxyl groups is 2. The Balaban J connectivity index is 2.87. The Morgan fingerprint density at radius 2 is 2.04 bits per heavy atom. The average Bonchev–Trinajstić information content (AvgIpc) is 2.60. The molecule has 0 aromatic carbocycles. The summed E-state index contributed by atoms with van der Waals surface area (Å²) in [4.78, 5) is 35.9. The predicted octanol–water partition coefficient (Wildman–Crippen LogP) is 1.15. The van der Waals surface area contributed by atoms with Gasteiger partial charge in [-0.1, -0.05) is 17.7 Å². The highest BCUT2D eigenvalue weighted by molar-refractivity contribution is 5.82. The van der Waals surface area contributed by atoms with Gasteiger partial charge in [-0.25, -0.2) is 4.79 Å². The van der Waals surface area contributed by atoms with E-state index in [2.05, 4.69) is 5.32 Å². The summed E-state index contributed by atoms with van der Waals surface area (Å²) in [5.41, 5.74) is 0.734. The van der Waals surface area contributed by atoms with Crippen molar-refractivity contribution in [1.82, 2.24) is 5.32 Å². The third-order valence-corrected chi connectivity index (χ3v) is 4.17. The van der Waals surface area contributed by atoms with Gasteiger partial charge in [-0.05, 0) is 40.0 Å². The van der Waals surface area contributed by atoms with Crippen LogP contribution in [0.4, 0.5) is 0 Å². The van der Waals surface area contributed by atoms with Crippen molar-refractivity contribution >= 4 is 17.8 Å². The maximum absolute atomic E-state index is 12.1. The number of hydrogen-bond donors (Lipinski definition) is 3. The van der Waals surface area contributed by atoms with E-state index in [1.54, 1.807) is 19.9 Å². The average molecular weight is 397 g/mol. The minimum atomic E-state index is -1.48. The van der Waals surface area contributed by atoms with E-state index < -0.39 is 42.3 Å². The maximum atomic E-state index is 12.1. The SMILES string of the molecule is CC(C)=CC(=O)O[C@H](C)C(O)C1C[C@H](O)C(=O)NC/C=C\CCCCC(=O)O1. The van der Waals surface area contributed by atoms with Crippen LogP contribution in [-0.2, 0) is 23.9 Å². The molecule has 4 atom stereocenters. The molecule has 0 fully saturated rings. The fourth-order valence-corrected chi connectivity index (χ4v) is 2.65. The van der Waals surface area contributed by atoms with E-state index in [1.807, 2.05) is 6.08 Å². The van der Waals surface area contributed by atoms with Crippen LogP contribution in [0.25, 0.3) is 0 Å². The molecular formula is C20H31NO7. The normalized spacial score (nSPS) is 25.3. The fraction of sp³-hybridized carbons (Fsp3) is 0.650. The van der Waals surface area contributed by atoms with E-state index in [4.69, 9.17) is 9.47 Å². The highest BCUT2D eigenvalue weighted by Gasteiger charge is 2.33. The summed E-state index contributed by atoms with van der Waals surface area (Å²) < 4.78 is 10.4. The summed E-state index contributed by atoms with van der Waals surface area (Å²) in [6, 6.07) is 0. The first kappa shape index (κ1) is 23.8. The van der Waals surface area contributed by atoms with E-state index >= 15 is 0 Å². The van der Waals surface area contributed by atoms with E-state index in [0.29, 0.717) is 6.42 Å². The van der Waals surface area contributed by atoms with Gasteiger partial charge < -0.3 is 25.0 Å². The third kappa shape index (κ3) is 9.14. The van der Waals surface area contributed by atoms with Crippen molar-refractivity contribution < 1.29 is 34.1 Å². The first-order chi connectivity index (χ1) is 13.2. The molecule has 8 heteroatoms. The molecule has 0 aliphatic carbocycles. The molecule has 2 unspecified atom stereocenters. The molecule has 0 bridgehead atoms. The van der Waals surface area contributed by atoms with Crippen LogP contribution in [0, 0.1) is 0 Å². The summed E-state index contributed by atoms with van der Waals surface area (Å²) >= 11 is 0. The number of nitrogens with one attached hydrogen (secondary N) is 1. The van der Waals surface area contributed by atoms with Crippen LogP contribution in [0.1, 0.15) is 52.9 Å². The van der Waals surface area contributed by atoms with Crippen LogP contribution in [-0.4, -0.2) is 59.0 Å². The minimum Gasteiger partial charge on any atom is -0.459 e. The second-order valence-corrected chi connectivity index (χ2v) is 7.10. The highest BCUT2D eigenvalue weighted by atomic mass is 16.6. The van der Waals surface area contributed by atoms with Crippen molar-refractivity contribution in [3.05, 3.63) is 23.8 Å². The molecule has 0 radical (unpaired) electrons. The lowest BCUT2D eigenvalue weighted by atomic mass is 10.0. The molecule has 0 aromatic heterocycles. The second kappa shape index (κ2) is 12.3. The molecule has 1 amide bonds. The lowest BCUT2D eigenvalue weighted by Gasteiger charge is -2.28. The molecule has 0 saturated heterocycles. The third-order valence-electron chi connectivity index (χ3n) is 4.17. The molecular weight excluding hydrogens is 366 g/mol. The Bertz CT molecular complexity index is 595. The van der Waals surface area contributed by atoms with Crippen molar-refractivity contribution in [2.45, 2.75) is 77.3 Å². The van der Waals surface area contributed by atoms with Gasteiger partial charge >= 0.3 is 11.9 Å². The molecule has 1 heterocycles. The highest BCUT2D eigenvalue weighted by Crippen LogP contribution is 2.16. The monoisotopic (exact) mass is 397 g/mol. The topological polar surface area (TPSA) is 122 Å². The molecule has 28 heavy (non-hydrogen) atoms.